The Kier molecular flexibility index (Phi) is 5.78. The van der Waals surface area contributed by atoms with Gasteiger partial charge in [-0.2, -0.15) is 0 Å². The summed E-state index contributed by atoms with van der Waals surface area (Å²) >= 11 is 0. The highest BCUT2D eigenvalue weighted by Crippen LogP contribution is 2.57. The maximum atomic E-state index is 13.1. The number of pyridine rings is 1. The SMILES string of the molecule is Cc1ncnc2c1ncn2[C@@H]1O[C@H](COP2(=O)OCCC(c3ccncc3)O2)[C@@H](O)[C@@]1(C)O. The van der Waals surface area contributed by atoms with Crippen LogP contribution in [0.4, 0.5) is 0 Å². The predicted molar refractivity (Wildman–Crippen MR) is 113 cm³/mol. The van der Waals surface area contributed by atoms with Crippen LogP contribution in [-0.4, -0.2) is 65.7 Å². The summed E-state index contributed by atoms with van der Waals surface area (Å²) < 4.78 is 36.9. The molecule has 3 aromatic heterocycles. The van der Waals surface area contributed by atoms with Crippen molar-refractivity contribution in [1.82, 2.24) is 24.5 Å². The number of phosphoric acid groups is 1. The second kappa shape index (κ2) is 8.48. The maximum absolute atomic E-state index is 13.1. The average molecular weight is 477 g/mol. The highest BCUT2D eigenvalue weighted by Gasteiger charge is 2.54. The molecule has 0 amide bonds. The fraction of sp³-hybridized carbons (Fsp3) is 0.500. The van der Waals surface area contributed by atoms with Gasteiger partial charge in [-0.25, -0.2) is 19.5 Å². The lowest BCUT2D eigenvalue weighted by Gasteiger charge is -2.30. The highest BCUT2D eigenvalue weighted by atomic mass is 31.2. The first-order valence-electron chi connectivity index (χ1n) is 10.5. The molecule has 2 saturated heterocycles. The van der Waals surface area contributed by atoms with Crippen molar-refractivity contribution in [1.29, 1.82) is 0 Å². The van der Waals surface area contributed by atoms with Gasteiger partial charge in [-0.3, -0.25) is 23.1 Å². The zero-order valence-electron chi connectivity index (χ0n) is 18.0. The number of phosphoric ester groups is 1. The number of aliphatic hydroxyl groups excluding tert-OH is 1. The average Bonchev–Trinajstić information content (AvgIpc) is 3.33. The van der Waals surface area contributed by atoms with E-state index >= 15 is 0 Å². The minimum atomic E-state index is -3.91. The van der Waals surface area contributed by atoms with E-state index < -0.39 is 38.0 Å². The molecule has 2 unspecified atom stereocenters. The molecule has 2 aliphatic heterocycles. The van der Waals surface area contributed by atoms with Crippen LogP contribution in [-0.2, 0) is 22.9 Å². The van der Waals surface area contributed by atoms with E-state index in [4.69, 9.17) is 18.3 Å². The molecule has 0 bridgehead atoms. The van der Waals surface area contributed by atoms with E-state index in [0.717, 1.165) is 5.56 Å². The summed E-state index contributed by atoms with van der Waals surface area (Å²) in [5.74, 6) is 0. The van der Waals surface area contributed by atoms with Gasteiger partial charge in [0.1, 0.15) is 29.7 Å². The first-order valence-corrected chi connectivity index (χ1v) is 11.9. The Bertz CT molecular complexity index is 1190. The number of imidazole rings is 1. The number of hydrogen-bond acceptors (Lipinski definition) is 11. The normalized spacial score (nSPS) is 34.7. The summed E-state index contributed by atoms with van der Waals surface area (Å²) in [6.45, 7) is 3.09. The van der Waals surface area contributed by atoms with Crippen LogP contribution in [0.25, 0.3) is 11.2 Å². The van der Waals surface area contributed by atoms with Gasteiger partial charge in [-0.05, 0) is 31.5 Å². The minimum Gasteiger partial charge on any atom is -0.387 e. The molecule has 2 aliphatic rings. The van der Waals surface area contributed by atoms with Crippen LogP contribution < -0.4 is 0 Å². The molecule has 0 aliphatic carbocycles. The van der Waals surface area contributed by atoms with Crippen LogP contribution in [0.15, 0.2) is 37.2 Å². The molecule has 0 radical (unpaired) electrons. The summed E-state index contributed by atoms with van der Waals surface area (Å²) in [4.78, 5) is 16.6. The zero-order valence-corrected chi connectivity index (χ0v) is 18.9. The zero-order chi connectivity index (χ0) is 23.2. The Morgan fingerprint density at radius 3 is 2.88 bits per heavy atom. The molecule has 6 atom stereocenters. The molecule has 5 rings (SSSR count). The van der Waals surface area contributed by atoms with Gasteiger partial charge in [0.2, 0.25) is 0 Å². The summed E-state index contributed by atoms with van der Waals surface area (Å²) in [6, 6.07) is 3.54. The standard InChI is InChI=1S/C20H24N5O7P/c1-12-16-18(23-10-22-12)25(11-24-16)19-20(2,27)17(26)15(31-19)9-30-33(28)29-8-5-14(32-33)13-3-6-21-7-4-13/h3-4,6-7,10-11,14-15,17,19,26-27H,5,8-9H2,1-2H3/t14?,15-,17-,19-,20-,33?/m1/s1. The van der Waals surface area contributed by atoms with E-state index in [2.05, 4.69) is 19.9 Å². The second-order valence-corrected chi connectivity index (χ2v) is 9.84. The first-order chi connectivity index (χ1) is 15.8. The Balaban J connectivity index is 1.31. The molecule has 5 heterocycles. The van der Waals surface area contributed by atoms with E-state index in [1.165, 1.54) is 24.1 Å². The van der Waals surface area contributed by atoms with Crippen LogP contribution in [0.3, 0.4) is 0 Å². The Morgan fingerprint density at radius 1 is 1.30 bits per heavy atom. The van der Waals surface area contributed by atoms with Gasteiger partial charge in [0.15, 0.2) is 11.9 Å². The number of fused-ring (bicyclic) bond motifs is 1. The molecule has 33 heavy (non-hydrogen) atoms. The highest BCUT2D eigenvalue weighted by molar-refractivity contribution is 7.48. The third-order valence-electron chi connectivity index (χ3n) is 5.91. The fourth-order valence-electron chi connectivity index (χ4n) is 4.07. The van der Waals surface area contributed by atoms with Crippen LogP contribution in [0.2, 0.25) is 0 Å². The molecule has 2 N–H and O–H groups in total. The smallest absolute Gasteiger partial charge is 0.387 e. The fourth-order valence-corrected chi connectivity index (χ4v) is 5.46. The molecule has 0 saturated carbocycles. The summed E-state index contributed by atoms with van der Waals surface area (Å²) in [5, 5.41) is 21.8. The van der Waals surface area contributed by atoms with Crippen molar-refractivity contribution >= 4 is 19.0 Å². The molecule has 13 heteroatoms. The van der Waals surface area contributed by atoms with Gasteiger partial charge in [0.05, 0.1) is 31.3 Å². The lowest BCUT2D eigenvalue weighted by Crippen LogP contribution is -2.44. The monoisotopic (exact) mass is 477 g/mol. The molecule has 3 aromatic rings. The van der Waals surface area contributed by atoms with Gasteiger partial charge < -0.3 is 14.9 Å². The van der Waals surface area contributed by atoms with Gasteiger partial charge in [-0.1, -0.05) is 0 Å². The van der Waals surface area contributed by atoms with Crippen molar-refractivity contribution in [2.24, 2.45) is 0 Å². The Labute approximate surface area is 189 Å². The third kappa shape index (κ3) is 4.08. The van der Waals surface area contributed by atoms with Crippen LogP contribution in [0, 0.1) is 6.92 Å². The van der Waals surface area contributed by atoms with Gasteiger partial charge >= 0.3 is 7.82 Å². The number of aliphatic hydroxyl groups is 2. The van der Waals surface area contributed by atoms with Crippen molar-refractivity contribution < 1.29 is 33.1 Å². The molecular formula is C20H24N5O7P. The van der Waals surface area contributed by atoms with Crippen LogP contribution in [0.5, 0.6) is 0 Å². The van der Waals surface area contributed by atoms with E-state index in [9.17, 15) is 14.8 Å². The van der Waals surface area contributed by atoms with Crippen molar-refractivity contribution in [3.8, 4) is 0 Å². The van der Waals surface area contributed by atoms with Gasteiger partial charge in [-0.15, -0.1) is 0 Å². The Morgan fingerprint density at radius 2 is 2.09 bits per heavy atom. The lowest BCUT2D eigenvalue weighted by atomic mass is 9.96. The molecule has 0 aromatic carbocycles. The van der Waals surface area contributed by atoms with Crippen LogP contribution >= 0.6 is 7.82 Å². The third-order valence-corrected chi connectivity index (χ3v) is 7.39. The lowest BCUT2D eigenvalue weighted by molar-refractivity contribution is -0.0953. The first kappa shape index (κ1) is 22.5. The number of hydrogen-bond donors (Lipinski definition) is 2. The molecule has 2 fully saturated rings. The maximum Gasteiger partial charge on any atom is 0.475 e. The van der Waals surface area contributed by atoms with E-state index in [0.29, 0.717) is 23.3 Å². The van der Waals surface area contributed by atoms with E-state index in [-0.39, 0.29) is 13.2 Å². The molecule has 12 nitrogen and oxygen atoms in total. The molecule has 0 spiro atoms. The Hall–Kier alpha value is -2.31. The quantitative estimate of drug-likeness (QED) is 0.518. The number of ether oxygens (including phenoxy) is 1. The van der Waals surface area contributed by atoms with E-state index in [1.807, 2.05) is 0 Å². The van der Waals surface area contributed by atoms with Crippen molar-refractivity contribution in [3.05, 3.63) is 48.4 Å². The van der Waals surface area contributed by atoms with Crippen LogP contribution in [0.1, 0.15) is 36.9 Å². The minimum absolute atomic E-state index is 0.179. The molecular weight excluding hydrogens is 453 g/mol. The topological polar surface area (TPSA) is 151 Å². The predicted octanol–water partition coefficient (Wildman–Crippen LogP) is 1.84. The summed E-state index contributed by atoms with van der Waals surface area (Å²) in [5.41, 5.74) is 0.782. The summed E-state index contributed by atoms with van der Waals surface area (Å²) in [7, 11) is -3.91. The van der Waals surface area contributed by atoms with Gasteiger partial charge in [0.25, 0.3) is 0 Å². The number of aryl methyl sites for hydroxylation is 1. The largest absolute Gasteiger partial charge is 0.475 e. The van der Waals surface area contributed by atoms with Crippen molar-refractivity contribution in [2.45, 2.75) is 50.4 Å². The second-order valence-electron chi connectivity index (χ2n) is 8.22. The number of rotatable bonds is 5. The van der Waals surface area contributed by atoms with Gasteiger partial charge in [0, 0.05) is 18.8 Å². The van der Waals surface area contributed by atoms with E-state index in [1.54, 1.807) is 31.5 Å². The summed E-state index contributed by atoms with van der Waals surface area (Å²) in [6.07, 6.45) is 2.76. The molecule has 176 valence electrons. The number of aromatic nitrogens is 5. The van der Waals surface area contributed by atoms with Crippen molar-refractivity contribution in [3.63, 3.8) is 0 Å². The van der Waals surface area contributed by atoms with Crippen molar-refractivity contribution in [2.75, 3.05) is 13.2 Å². The number of nitrogens with zero attached hydrogens (tertiary/aromatic N) is 5.